The topological polar surface area (TPSA) is 41.0 Å². The largest absolute Gasteiger partial charge is 0.371 e. The molecule has 1 saturated heterocycles. The lowest BCUT2D eigenvalue weighted by atomic mass is 10.1. The van der Waals surface area contributed by atoms with Gasteiger partial charge in [-0.25, -0.2) is 9.97 Å². The van der Waals surface area contributed by atoms with Crippen LogP contribution in [0.5, 0.6) is 0 Å². The molecular weight excluding hydrogens is 328 g/mol. The minimum atomic E-state index is 0.652. The van der Waals surface area contributed by atoms with Gasteiger partial charge in [0.2, 0.25) is 0 Å². The molecule has 0 aliphatic carbocycles. The molecule has 0 radical (unpaired) electrons. The highest BCUT2D eigenvalue weighted by Gasteiger charge is 2.22. The minimum absolute atomic E-state index is 0.652. The van der Waals surface area contributed by atoms with Crippen LogP contribution in [-0.4, -0.2) is 29.6 Å². The number of hydrogen-bond acceptors (Lipinski definition) is 4. The van der Waals surface area contributed by atoms with Crippen LogP contribution in [-0.2, 0) is 0 Å². The Morgan fingerprint density at radius 2 is 2.24 bits per heavy atom. The van der Waals surface area contributed by atoms with Crippen molar-refractivity contribution < 1.29 is 0 Å². The normalized spacial score (nSPS) is 18.0. The summed E-state index contributed by atoms with van der Waals surface area (Å²) in [6, 6.07) is 10.5. The molecule has 0 spiro atoms. The van der Waals surface area contributed by atoms with Crippen molar-refractivity contribution in [3.05, 3.63) is 46.8 Å². The van der Waals surface area contributed by atoms with Crippen LogP contribution in [0.2, 0.25) is 0 Å². The summed E-state index contributed by atoms with van der Waals surface area (Å²) in [5.41, 5.74) is 2.29. The number of nitrogens with zero attached hydrogens (tertiary/aromatic N) is 3. The number of aromatic nitrogens is 2. The minimum Gasteiger partial charge on any atom is -0.371 e. The quantitative estimate of drug-likeness (QED) is 0.919. The van der Waals surface area contributed by atoms with Gasteiger partial charge in [-0.2, -0.15) is 0 Å². The van der Waals surface area contributed by atoms with Crippen molar-refractivity contribution >= 4 is 27.4 Å². The second-order valence-electron chi connectivity index (χ2n) is 5.51. The molecule has 1 unspecified atom stereocenters. The molecule has 4 nitrogen and oxygen atoms in total. The monoisotopic (exact) mass is 346 g/mol. The van der Waals surface area contributed by atoms with Gasteiger partial charge in [-0.3, -0.25) is 0 Å². The number of benzene rings is 1. The Kier molecular flexibility index (Phi) is 4.39. The third kappa shape index (κ3) is 3.73. The van der Waals surface area contributed by atoms with Gasteiger partial charge in [-0.15, -0.1) is 0 Å². The maximum absolute atomic E-state index is 4.25. The summed E-state index contributed by atoms with van der Waals surface area (Å²) in [6.07, 6.45) is 2.82. The summed E-state index contributed by atoms with van der Waals surface area (Å²) in [5.74, 6) is 1.57. The average Bonchev–Trinajstić information content (AvgIpc) is 2.94. The number of nitrogens with one attached hydrogen (secondary N) is 1. The van der Waals surface area contributed by atoms with Crippen LogP contribution in [0.3, 0.4) is 0 Å². The summed E-state index contributed by atoms with van der Waals surface area (Å²) in [5, 5.41) is 3.42. The maximum Gasteiger partial charge on any atom is 0.129 e. The van der Waals surface area contributed by atoms with Crippen LogP contribution >= 0.6 is 15.9 Å². The fraction of sp³-hybridized carbons (Fsp3) is 0.375. The first-order chi connectivity index (χ1) is 10.2. The van der Waals surface area contributed by atoms with Crippen molar-refractivity contribution in [2.24, 2.45) is 5.92 Å². The summed E-state index contributed by atoms with van der Waals surface area (Å²) in [6.45, 7) is 5.15. The molecule has 1 fully saturated rings. The molecule has 0 saturated carbocycles. The van der Waals surface area contributed by atoms with Gasteiger partial charge >= 0.3 is 0 Å². The number of anilines is 2. The maximum atomic E-state index is 4.25. The SMILES string of the molecule is Cc1cc(NCC2CCN(c3cccc(Br)c3)C2)ncn1. The highest BCUT2D eigenvalue weighted by Crippen LogP contribution is 2.26. The van der Waals surface area contributed by atoms with E-state index in [0.717, 1.165) is 35.6 Å². The van der Waals surface area contributed by atoms with Crippen molar-refractivity contribution in [2.45, 2.75) is 13.3 Å². The number of aryl methyl sites for hydroxylation is 1. The number of rotatable bonds is 4. The summed E-state index contributed by atoms with van der Waals surface area (Å²) < 4.78 is 1.14. The Labute approximate surface area is 133 Å². The van der Waals surface area contributed by atoms with Crippen molar-refractivity contribution in [1.82, 2.24) is 9.97 Å². The second kappa shape index (κ2) is 6.43. The number of hydrogen-bond donors (Lipinski definition) is 1. The van der Waals surface area contributed by atoms with Crippen LogP contribution < -0.4 is 10.2 Å². The Bertz CT molecular complexity index is 617. The van der Waals surface area contributed by atoms with Crippen LogP contribution in [0.4, 0.5) is 11.5 Å². The van der Waals surface area contributed by atoms with Gasteiger partial charge in [-0.1, -0.05) is 22.0 Å². The van der Waals surface area contributed by atoms with Crippen molar-refractivity contribution in [2.75, 3.05) is 29.9 Å². The molecule has 0 bridgehead atoms. The Hall–Kier alpha value is -1.62. The molecule has 1 aliphatic heterocycles. The smallest absolute Gasteiger partial charge is 0.129 e. The Morgan fingerprint density at radius 1 is 1.33 bits per heavy atom. The Morgan fingerprint density at radius 3 is 3.05 bits per heavy atom. The molecule has 5 heteroatoms. The van der Waals surface area contributed by atoms with E-state index in [1.54, 1.807) is 6.33 Å². The summed E-state index contributed by atoms with van der Waals surface area (Å²) in [4.78, 5) is 10.8. The first-order valence-corrected chi connectivity index (χ1v) is 8.03. The lowest BCUT2D eigenvalue weighted by molar-refractivity contribution is 0.621. The van der Waals surface area contributed by atoms with Crippen LogP contribution in [0, 0.1) is 12.8 Å². The standard InChI is InChI=1S/C16H19BrN4/c1-12-7-16(20-11-19-12)18-9-13-5-6-21(10-13)15-4-2-3-14(17)8-15/h2-4,7-8,11,13H,5-6,9-10H2,1H3,(H,18,19,20). The zero-order valence-corrected chi connectivity index (χ0v) is 13.7. The zero-order valence-electron chi connectivity index (χ0n) is 12.1. The van der Waals surface area contributed by atoms with Crippen molar-refractivity contribution in [1.29, 1.82) is 0 Å². The molecule has 1 N–H and O–H groups in total. The van der Waals surface area contributed by atoms with E-state index in [9.17, 15) is 0 Å². The molecule has 1 aliphatic rings. The highest BCUT2D eigenvalue weighted by atomic mass is 79.9. The third-order valence-electron chi connectivity index (χ3n) is 3.83. The molecule has 110 valence electrons. The molecule has 1 atom stereocenters. The second-order valence-corrected chi connectivity index (χ2v) is 6.42. The van der Waals surface area contributed by atoms with E-state index in [2.05, 4.69) is 60.4 Å². The molecule has 21 heavy (non-hydrogen) atoms. The van der Waals surface area contributed by atoms with Gasteiger partial charge in [0.15, 0.2) is 0 Å². The van der Waals surface area contributed by atoms with Gasteiger partial charge in [0.1, 0.15) is 12.1 Å². The molecule has 2 aromatic rings. The average molecular weight is 347 g/mol. The van der Waals surface area contributed by atoms with Crippen LogP contribution in [0.1, 0.15) is 12.1 Å². The zero-order chi connectivity index (χ0) is 14.7. The van der Waals surface area contributed by atoms with E-state index in [1.807, 2.05) is 13.0 Å². The van der Waals surface area contributed by atoms with E-state index in [0.29, 0.717) is 5.92 Å². The predicted molar refractivity (Wildman–Crippen MR) is 89.7 cm³/mol. The Balaban J connectivity index is 1.55. The van der Waals surface area contributed by atoms with E-state index in [1.165, 1.54) is 12.1 Å². The molecule has 3 rings (SSSR count). The first kappa shape index (κ1) is 14.3. The first-order valence-electron chi connectivity index (χ1n) is 7.24. The molecule has 2 heterocycles. The van der Waals surface area contributed by atoms with E-state index < -0.39 is 0 Å². The lowest BCUT2D eigenvalue weighted by Gasteiger charge is -2.19. The van der Waals surface area contributed by atoms with E-state index in [4.69, 9.17) is 0 Å². The van der Waals surface area contributed by atoms with E-state index >= 15 is 0 Å². The predicted octanol–water partition coefficient (Wildman–Crippen LogP) is 3.49. The van der Waals surface area contributed by atoms with Crippen molar-refractivity contribution in [3.63, 3.8) is 0 Å². The lowest BCUT2D eigenvalue weighted by Crippen LogP contribution is -2.22. The van der Waals surface area contributed by atoms with E-state index in [-0.39, 0.29) is 0 Å². The van der Waals surface area contributed by atoms with Gasteiger partial charge in [0, 0.05) is 41.6 Å². The van der Waals surface area contributed by atoms with Crippen LogP contribution in [0.15, 0.2) is 41.1 Å². The summed E-state index contributed by atoms with van der Waals surface area (Å²) >= 11 is 3.54. The molecule has 1 aromatic heterocycles. The molecular formula is C16H19BrN4. The summed E-state index contributed by atoms with van der Waals surface area (Å²) in [7, 11) is 0. The number of halogens is 1. The van der Waals surface area contributed by atoms with Gasteiger partial charge < -0.3 is 10.2 Å². The molecule has 0 amide bonds. The van der Waals surface area contributed by atoms with Gasteiger partial charge in [0.25, 0.3) is 0 Å². The third-order valence-corrected chi connectivity index (χ3v) is 4.33. The fourth-order valence-corrected chi connectivity index (χ4v) is 3.09. The van der Waals surface area contributed by atoms with Gasteiger partial charge in [-0.05, 0) is 37.5 Å². The molecule has 1 aromatic carbocycles. The van der Waals surface area contributed by atoms with Gasteiger partial charge in [0.05, 0.1) is 0 Å². The van der Waals surface area contributed by atoms with Crippen molar-refractivity contribution in [3.8, 4) is 0 Å². The highest BCUT2D eigenvalue weighted by molar-refractivity contribution is 9.10. The van der Waals surface area contributed by atoms with Crippen LogP contribution in [0.25, 0.3) is 0 Å². The fourth-order valence-electron chi connectivity index (χ4n) is 2.71.